The second-order valence-electron chi connectivity index (χ2n) is 3.79. The third kappa shape index (κ3) is 2.09. The Kier molecular flexibility index (Phi) is 2.86. The molecule has 0 spiro atoms. The molecule has 1 fully saturated rings. The van der Waals surface area contributed by atoms with Gasteiger partial charge in [-0.25, -0.2) is 0 Å². The Labute approximate surface area is 90.0 Å². The molecule has 1 heterocycles. The van der Waals surface area contributed by atoms with Gasteiger partial charge in [0.05, 0.1) is 6.04 Å². The number of piperidine rings is 1. The molecule has 1 aromatic rings. The van der Waals surface area contributed by atoms with Gasteiger partial charge in [0.2, 0.25) is 5.91 Å². The second-order valence-corrected chi connectivity index (χ2v) is 3.79. The van der Waals surface area contributed by atoms with Crippen molar-refractivity contribution in [2.75, 3.05) is 0 Å². The van der Waals surface area contributed by atoms with Crippen LogP contribution in [0.15, 0.2) is 42.0 Å². The number of benzene rings is 1. The summed E-state index contributed by atoms with van der Waals surface area (Å²) in [4.78, 5) is 11.6. The maximum absolute atomic E-state index is 11.6. The molecule has 1 atom stereocenters. The molecule has 0 aromatic heterocycles. The minimum Gasteiger partial charge on any atom is -0.346 e. The topological polar surface area (TPSA) is 29.1 Å². The fourth-order valence-corrected chi connectivity index (χ4v) is 1.95. The Hall–Kier alpha value is -1.57. The van der Waals surface area contributed by atoms with Crippen LogP contribution in [0.1, 0.15) is 31.4 Å². The van der Waals surface area contributed by atoms with E-state index in [9.17, 15) is 4.79 Å². The Balaban J connectivity index is 2.13. The molecule has 0 aliphatic carbocycles. The predicted octanol–water partition coefficient (Wildman–Crippen LogP) is 2.58. The SMILES string of the molecule is CC=C1CCC(c2ccccc2)NC1=O. The van der Waals surface area contributed by atoms with Crippen molar-refractivity contribution < 1.29 is 4.79 Å². The lowest BCUT2D eigenvalue weighted by molar-refractivity contribution is -0.119. The van der Waals surface area contributed by atoms with Gasteiger partial charge in [-0.05, 0) is 25.3 Å². The van der Waals surface area contributed by atoms with Crippen LogP contribution >= 0.6 is 0 Å². The maximum Gasteiger partial charge on any atom is 0.247 e. The molecule has 78 valence electrons. The van der Waals surface area contributed by atoms with Gasteiger partial charge in [-0.3, -0.25) is 4.79 Å². The van der Waals surface area contributed by atoms with E-state index in [-0.39, 0.29) is 11.9 Å². The van der Waals surface area contributed by atoms with E-state index in [0.29, 0.717) is 0 Å². The zero-order chi connectivity index (χ0) is 10.7. The van der Waals surface area contributed by atoms with E-state index in [0.717, 1.165) is 18.4 Å². The van der Waals surface area contributed by atoms with Gasteiger partial charge < -0.3 is 5.32 Å². The van der Waals surface area contributed by atoms with Crippen LogP contribution < -0.4 is 5.32 Å². The number of nitrogens with one attached hydrogen (secondary N) is 1. The van der Waals surface area contributed by atoms with Crippen LogP contribution in [0, 0.1) is 0 Å². The summed E-state index contributed by atoms with van der Waals surface area (Å²) in [5, 5.41) is 3.03. The lowest BCUT2D eigenvalue weighted by atomic mass is 9.94. The molecule has 1 aliphatic rings. The number of rotatable bonds is 1. The molecular weight excluding hydrogens is 186 g/mol. The molecule has 1 unspecified atom stereocenters. The molecule has 0 saturated carbocycles. The van der Waals surface area contributed by atoms with Crippen molar-refractivity contribution >= 4 is 5.91 Å². The highest BCUT2D eigenvalue weighted by Crippen LogP contribution is 2.25. The molecule has 0 radical (unpaired) electrons. The molecule has 1 aliphatic heterocycles. The smallest absolute Gasteiger partial charge is 0.247 e. The summed E-state index contributed by atoms with van der Waals surface area (Å²) < 4.78 is 0. The number of carbonyl (C=O) groups is 1. The van der Waals surface area contributed by atoms with Crippen molar-refractivity contribution in [1.82, 2.24) is 5.32 Å². The summed E-state index contributed by atoms with van der Waals surface area (Å²) in [6.07, 6.45) is 3.77. The zero-order valence-electron chi connectivity index (χ0n) is 8.86. The fraction of sp³-hybridized carbons (Fsp3) is 0.308. The van der Waals surface area contributed by atoms with Gasteiger partial charge in [0.15, 0.2) is 0 Å². The first kappa shape index (κ1) is 9.97. The number of hydrogen-bond donors (Lipinski definition) is 1. The van der Waals surface area contributed by atoms with Crippen molar-refractivity contribution in [3.8, 4) is 0 Å². The molecule has 1 N–H and O–H groups in total. The van der Waals surface area contributed by atoms with Crippen molar-refractivity contribution in [3.63, 3.8) is 0 Å². The van der Waals surface area contributed by atoms with Crippen molar-refractivity contribution in [2.45, 2.75) is 25.8 Å². The summed E-state index contributed by atoms with van der Waals surface area (Å²) in [5.41, 5.74) is 2.10. The number of carbonyl (C=O) groups excluding carboxylic acids is 1. The lowest BCUT2D eigenvalue weighted by Gasteiger charge is -2.25. The van der Waals surface area contributed by atoms with E-state index in [2.05, 4.69) is 17.4 Å². The van der Waals surface area contributed by atoms with Gasteiger partial charge in [-0.2, -0.15) is 0 Å². The first-order chi connectivity index (χ1) is 7.31. The van der Waals surface area contributed by atoms with Gasteiger partial charge in [0.25, 0.3) is 0 Å². The molecule has 1 saturated heterocycles. The average Bonchev–Trinajstić information content (AvgIpc) is 2.30. The van der Waals surface area contributed by atoms with Gasteiger partial charge >= 0.3 is 0 Å². The van der Waals surface area contributed by atoms with Crippen LogP contribution in [-0.2, 0) is 4.79 Å². The summed E-state index contributed by atoms with van der Waals surface area (Å²) in [6.45, 7) is 1.91. The Bertz CT molecular complexity index is 381. The van der Waals surface area contributed by atoms with E-state index < -0.39 is 0 Å². The van der Waals surface area contributed by atoms with E-state index in [1.807, 2.05) is 31.2 Å². The maximum atomic E-state index is 11.6. The highest BCUT2D eigenvalue weighted by molar-refractivity contribution is 5.94. The van der Waals surface area contributed by atoms with Crippen molar-refractivity contribution in [3.05, 3.63) is 47.5 Å². The Morgan fingerprint density at radius 1 is 1.33 bits per heavy atom. The van der Waals surface area contributed by atoms with Gasteiger partial charge in [-0.1, -0.05) is 36.4 Å². The Morgan fingerprint density at radius 2 is 2.07 bits per heavy atom. The zero-order valence-corrected chi connectivity index (χ0v) is 8.86. The quantitative estimate of drug-likeness (QED) is 0.695. The largest absolute Gasteiger partial charge is 0.346 e. The van der Waals surface area contributed by atoms with Crippen LogP contribution in [0.25, 0.3) is 0 Å². The molecule has 15 heavy (non-hydrogen) atoms. The third-order valence-electron chi connectivity index (χ3n) is 2.85. The van der Waals surface area contributed by atoms with Gasteiger partial charge in [0.1, 0.15) is 0 Å². The van der Waals surface area contributed by atoms with E-state index >= 15 is 0 Å². The highest BCUT2D eigenvalue weighted by atomic mass is 16.1. The Morgan fingerprint density at radius 3 is 2.67 bits per heavy atom. The molecule has 1 aromatic carbocycles. The van der Waals surface area contributed by atoms with Crippen LogP contribution in [0.4, 0.5) is 0 Å². The molecule has 2 rings (SSSR count). The van der Waals surface area contributed by atoms with Crippen LogP contribution in [0.5, 0.6) is 0 Å². The minimum absolute atomic E-state index is 0.0811. The lowest BCUT2D eigenvalue weighted by Crippen LogP contribution is -2.34. The monoisotopic (exact) mass is 201 g/mol. The number of amides is 1. The molecule has 2 heteroatoms. The van der Waals surface area contributed by atoms with Crippen molar-refractivity contribution in [1.29, 1.82) is 0 Å². The first-order valence-electron chi connectivity index (χ1n) is 5.32. The fourth-order valence-electron chi connectivity index (χ4n) is 1.95. The van der Waals surface area contributed by atoms with Crippen LogP contribution in [0.2, 0.25) is 0 Å². The second kappa shape index (κ2) is 4.30. The first-order valence-corrected chi connectivity index (χ1v) is 5.32. The van der Waals surface area contributed by atoms with Gasteiger partial charge in [0, 0.05) is 5.57 Å². The van der Waals surface area contributed by atoms with E-state index in [1.54, 1.807) is 0 Å². The van der Waals surface area contributed by atoms with Crippen LogP contribution in [0.3, 0.4) is 0 Å². The van der Waals surface area contributed by atoms with E-state index in [4.69, 9.17) is 0 Å². The summed E-state index contributed by atoms with van der Waals surface area (Å²) in [7, 11) is 0. The standard InChI is InChI=1S/C13H15NO/c1-2-10-8-9-12(14-13(10)15)11-6-4-3-5-7-11/h2-7,12H,8-9H2,1H3,(H,14,15). The third-order valence-corrected chi connectivity index (χ3v) is 2.85. The highest BCUT2D eigenvalue weighted by Gasteiger charge is 2.22. The van der Waals surface area contributed by atoms with Crippen LogP contribution in [-0.4, -0.2) is 5.91 Å². The molecule has 2 nitrogen and oxygen atoms in total. The summed E-state index contributed by atoms with van der Waals surface area (Å²) in [6, 6.07) is 10.3. The van der Waals surface area contributed by atoms with E-state index in [1.165, 1.54) is 5.56 Å². The molecule has 0 bridgehead atoms. The molecular formula is C13H15NO. The minimum atomic E-state index is 0.0811. The normalized spacial score (nSPS) is 23.9. The average molecular weight is 201 g/mol. The molecule has 1 amide bonds. The van der Waals surface area contributed by atoms with Gasteiger partial charge in [-0.15, -0.1) is 0 Å². The number of allylic oxidation sites excluding steroid dienone is 1. The number of hydrogen-bond acceptors (Lipinski definition) is 1. The summed E-state index contributed by atoms with van der Waals surface area (Å²) >= 11 is 0. The predicted molar refractivity (Wildman–Crippen MR) is 60.3 cm³/mol. The summed E-state index contributed by atoms with van der Waals surface area (Å²) in [5.74, 6) is 0.0811. The van der Waals surface area contributed by atoms with Crippen molar-refractivity contribution in [2.24, 2.45) is 0 Å².